The molecule has 2 aromatic rings. The molecule has 7 nitrogen and oxygen atoms in total. The van der Waals surface area contributed by atoms with Crippen LogP contribution >= 0.6 is 0 Å². The van der Waals surface area contributed by atoms with Gasteiger partial charge in [-0.1, -0.05) is 5.16 Å². The molecule has 3 rings (SSSR count). The lowest BCUT2D eigenvalue weighted by Crippen LogP contribution is -2.35. The van der Waals surface area contributed by atoms with Crippen molar-refractivity contribution in [1.29, 1.82) is 0 Å². The van der Waals surface area contributed by atoms with Gasteiger partial charge in [-0.3, -0.25) is 4.79 Å². The lowest BCUT2D eigenvalue weighted by Gasteiger charge is -2.26. The third kappa shape index (κ3) is 2.79. The summed E-state index contributed by atoms with van der Waals surface area (Å²) in [5.41, 5.74) is 2.21. The van der Waals surface area contributed by atoms with Crippen LogP contribution in [0.25, 0.3) is 0 Å². The molecule has 1 N–H and O–H groups in total. The third-order valence-corrected chi connectivity index (χ3v) is 3.51. The Bertz CT molecular complexity index is 678. The average molecular weight is 301 g/mol. The van der Waals surface area contributed by atoms with Crippen LogP contribution in [-0.4, -0.2) is 33.6 Å². The first-order chi connectivity index (χ1) is 10.5. The maximum absolute atomic E-state index is 12.2. The molecule has 1 aliphatic rings. The van der Waals surface area contributed by atoms with Crippen molar-refractivity contribution in [3.63, 3.8) is 0 Å². The fourth-order valence-electron chi connectivity index (χ4n) is 2.44. The van der Waals surface area contributed by atoms with E-state index in [0.717, 1.165) is 23.4 Å². The maximum Gasteiger partial charge on any atom is 0.274 e. The van der Waals surface area contributed by atoms with E-state index in [4.69, 9.17) is 4.52 Å². The van der Waals surface area contributed by atoms with Gasteiger partial charge in [0.2, 0.25) is 5.95 Å². The second-order valence-corrected chi connectivity index (χ2v) is 5.79. The van der Waals surface area contributed by atoms with Crippen LogP contribution < -0.4 is 10.2 Å². The van der Waals surface area contributed by atoms with Crippen molar-refractivity contribution in [1.82, 2.24) is 20.4 Å². The number of carbonyl (C=O) groups excluding carboxylic acids is 1. The third-order valence-electron chi connectivity index (χ3n) is 3.51. The first-order valence-corrected chi connectivity index (χ1v) is 7.36. The molecule has 1 amide bonds. The van der Waals surface area contributed by atoms with Crippen LogP contribution in [0.2, 0.25) is 0 Å². The summed E-state index contributed by atoms with van der Waals surface area (Å²) >= 11 is 0. The van der Waals surface area contributed by atoms with Crippen molar-refractivity contribution < 1.29 is 9.32 Å². The van der Waals surface area contributed by atoms with E-state index in [0.29, 0.717) is 24.6 Å². The molecule has 22 heavy (non-hydrogen) atoms. The molecule has 0 saturated carbocycles. The van der Waals surface area contributed by atoms with E-state index in [-0.39, 0.29) is 11.9 Å². The van der Waals surface area contributed by atoms with Crippen LogP contribution in [0.4, 0.5) is 5.95 Å². The summed E-state index contributed by atoms with van der Waals surface area (Å²) in [6.07, 6.45) is 4.27. The van der Waals surface area contributed by atoms with E-state index in [9.17, 15) is 4.79 Å². The van der Waals surface area contributed by atoms with Crippen LogP contribution in [0.1, 0.15) is 41.2 Å². The number of aromatic nitrogens is 3. The van der Waals surface area contributed by atoms with Gasteiger partial charge >= 0.3 is 0 Å². The minimum Gasteiger partial charge on any atom is -0.360 e. The summed E-state index contributed by atoms with van der Waals surface area (Å²) in [6.45, 7) is 7.05. The summed E-state index contributed by atoms with van der Waals surface area (Å²) in [5, 5.41) is 6.78. The Labute approximate surface area is 128 Å². The lowest BCUT2D eigenvalue weighted by atomic mass is 10.1. The molecule has 0 saturated heterocycles. The topological polar surface area (TPSA) is 84.2 Å². The molecule has 0 spiro atoms. The van der Waals surface area contributed by atoms with E-state index in [2.05, 4.69) is 20.4 Å². The predicted molar refractivity (Wildman–Crippen MR) is 80.6 cm³/mol. The first kappa shape index (κ1) is 14.5. The molecule has 0 unspecified atom stereocenters. The van der Waals surface area contributed by atoms with E-state index in [1.54, 1.807) is 12.4 Å². The van der Waals surface area contributed by atoms with Gasteiger partial charge in [0.15, 0.2) is 5.69 Å². The summed E-state index contributed by atoms with van der Waals surface area (Å²) < 4.78 is 5.31. The monoisotopic (exact) mass is 301 g/mol. The number of anilines is 1. The van der Waals surface area contributed by atoms with E-state index in [1.807, 2.05) is 25.7 Å². The average Bonchev–Trinajstić information content (AvgIpc) is 2.90. The molecular weight excluding hydrogens is 282 g/mol. The fraction of sp³-hybridized carbons (Fsp3) is 0.467. The zero-order chi connectivity index (χ0) is 15.7. The number of hydrogen-bond donors (Lipinski definition) is 1. The Morgan fingerprint density at radius 2 is 2.09 bits per heavy atom. The molecular formula is C15H19N5O2. The molecule has 1 aliphatic heterocycles. The van der Waals surface area contributed by atoms with E-state index in [1.165, 1.54) is 0 Å². The number of hydrogen-bond acceptors (Lipinski definition) is 6. The summed E-state index contributed by atoms with van der Waals surface area (Å²) in [4.78, 5) is 22.9. The van der Waals surface area contributed by atoms with Gasteiger partial charge in [-0.05, 0) is 26.3 Å². The smallest absolute Gasteiger partial charge is 0.274 e. The Morgan fingerprint density at radius 3 is 2.77 bits per heavy atom. The van der Waals surface area contributed by atoms with Gasteiger partial charge in [0, 0.05) is 37.0 Å². The molecule has 0 bridgehead atoms. The van der Waals surface area contributed by atoms with Gasteiger partial charge in [0.25, 0.3) is 5.91 Å². The molecule has 7 heteroatoms. The van der Waals surface area contributed by atoms with Gasteiger partial charge in [-0.2, -0.15) is 0 Å². The summed E-state index contributed by atoms with van der Waals surface area (Å²) in [6, 6.07) is 0.0555. The number of aryl methyl sites for hydroxylation is 1. The van der Waals surface area contributed by atoms with Crippen molar-refractivity contribution in [2.75, 3.05) is 11.4 Å². The van der Waals surface area contributed by atoms with Crippen LogP contribution in [0.15, 0.2) is 16.9 Å². The Morgan fingerprint density at radius 1 is 1.36 bits per heavy atom. The van der Waals surface area contributed by atoms with Crippen molar-refractivity contribution in [3.05, 3.63) is 35.0 Å². The largest absolute Gasteiger partial charge is 0.360 e. The minimum absolute atomic E-state index is 0.0555. The number of amides is 1. The van der Waals surface area contributed by atoms with Crippen molar-refractivity contribution >= 4 is 11.9 Å². The number of nitrogens with zero attached hydrogens (tertiary/aromatic N) is 4. The first-order valence-electron chi connectivity index (χ1n) is 7.36. The Hall–Kier alpha value is -2.44. The highest BCUT2D eigenvalue weighted by atomic mass is 16.5. The zero-order valence-electron chi connectivity index (χ0n) is 13.0. The van der Waals surface area contributed by atoms with Gasteiger partial charge in [0.05, 0.1) is 6.54 Å². The minimum atomic E-state index is -0.202. The molecule has 0 radical (unpaired) electrons. The van der Waals surface area contributed by atoms with Crippen molar-refractivity contribution in [2.24, 2.45) is 0 Å². The molecule has 116 valence electrons. The second-order valence-electron chi connectivity index (χ2n) is 5.79. The quantitative estimate of drug-likeness (QED) is 0.924. The van der Waals surface area contributed by atoms with Crippen molar-refractivity contribution in [2.45, 2.75) is 39.8 Å². The SMILES string of the molecule is Cc1cnc(N2CCc3onc(C(=O)NC(C)C)c3C2)nc1. The molecule has 0 aromatic carbocycles. The van der Waals surface area contributed by atoms with Crippen molar-refractivity contribution in [3.8, 4) is 0 Å². The lowest BCUT2D eigenvalue weighted by molar-refractivity contribution is 0.0933. The van der Waals surface area contributed by atoms with Crippen LogP contribution in [-0.2, 0) is 13.0 Å². The normalized spacial score (nSPS) is 14.1. The van der Waals surface area contributed by atoms with Crippen LogP contribution in [0.5, 0.6) is 0 Å². The van der Waals surface area contributed by atoms with Gasteiger partial charge < -0.3 is 14.7 Å². The summed E-state index contributed by atoms with van der Waals surface area (Å²) in [5.74, 6) is 1.23. The second kappa shape index (κ2) is 5.75. The van der Waals surface area contributed by atoms with Gasteiger partial charge in [-0.25, -0.2) is 9.97 Å². The number of carbonyl (C=O) groups is 1. The van der Waals surface area contributed by atoms with Gasteiger partial charge in [-0.15, -0.1) is 0 Å². The maximum atomic E-state index is 12.2. The number of rotatable bonds is 3. The summed E-state index contributed by atoms with van der Waals surface area (Å²) in [7, 11) is 0. The standard InChI is InChI=1S/C15H19N5O2/c1-9(2)18-14(21)13-11-8-20(5-4-12(11)22-19-13)15-16-6-10(3)7-17-15/h6-7,9H,4-5,8H2,1-3H3,(H,18,21). The highest BCUT2D eigenvalue weighted by molar-refractivity contribution is 5.94. The Balaban J connectivity index is 1.84. The zero-order valence-corrected chi connectivity index (χ0v) is 13.0. The molecule has 0 aliphatic carbocycles. The molecule has 0 fully saturated rings. The molecule has 0 atom stereocenters. The fourth-order valence-corrected chi connectivity index (χ4v) is 2.44. The molecule has 2 aromatic heterocycles. The van der Waals surface area contributed by atoms with E-state index < -0.39 is 0 Å². The number of nitrogens with one attached hydrogen (secondary N) is 1. The predicted octanol–water partition coefficient (Wildman–Crippen LogP) is 1.47. The highest BCUT2D eigenvalue weighted by Crippen LogP contribution is 2.24. The highest BCUT2D eigenvalue weighted by Gasteiger charge is 2.28. The number of fused-ring (bicyclic) bond motifs is 1. The molecule has 3 heterocycles. The van der Waals surface area contributed by atoms with E-state index >= 15 is 0 Å². The van der Waals surface area contributed by atoms with Crippen LogP contribution in [0.3, 0.4) is 0 Å². The van der Waals surface area contributed by atoms with Gasteiger partial charge in [0.1, 0.15) is 5.76 Å². The van der Waals surface area contributed by atoms with Crippen LogP contribution in [0, 0.1) is 6.92 Å². The Kier molecular flexibility index (Phi) is 3.79.